The summed E-state index contributed by atoms with van der Waals surface area (Å²) in [6, 6.07) is 25.8. The van der Waals surface area contributed by atoms with Crippen LogP contribution in [0, 0.1) is 0 Å². The minimum atomic E-state index is -0.0578. The van der Waals surface area contributed by atoms with Gasteiger partial charge in [-0.2, -0.15) is 5.10 Å². The van der Waals surface area contributed by atoms with Gasteiger partial charge in [0.25, 0.3) is 0 Å². The number of carbonyl (C=O) groups excluding carboxylic acids is 1. The van der Waals surface area contributed by atoms with E-state index in [4.69, 9.17) is 26.4 Å². The van der Waals surface area contributed by atoms with Crippen molar-refractivity contribution in [1.29, 1.82) is 0 Å². The van der Waals surface area contributed by atoms with Gasteiger partial charge in [0.05, 0.1) is 24.2 Å². The lowest BCUT2D eigenvalue weighted by atomic mass is 10.1. The number of aliphatic imine (C=N–C) groups is 1. The number of hydrogen-bond donors (Lipinski definition) is 1. The molecular weight excluding hydrogens is 506 g/mol. The third kappa shape index (κ3) is 4.73. The van der Waals surface area contributed by atoms with Crippen LogP contribution in [0.4, 0.5) is 5.82 Å². The Balaban J connectivity index is 1.51. The molecule has 5 aromatic rings. The number of nitrogens with zero attached hydrogens (tertiary/aromatic N) is 4. The number of fused-ring (bicyclic) bond motifs is 1. The standard InChI is InChI=1S/C28H22ClN5O2S/c1-36-21-11-12-25-22(13-21)23(16-33(25)15-18-5-3-2-4-6-18)24-14-26(30-28-31-27(35)17-37-28)34(32-24)20-9-7-19(29)8-10-20/h2-14,16H,15,17H2,1H3,(H,30,31,35). The van der Waals surface area contributed by atoms with Gasteiger partial charge in [0.2, 0.25) is 5.91 Å². The molecule has 1 N–H and O–H groups in total. The summed E-state index contributed by atoms with van der Waals surface area (Å²) in [5.41, 5.74) is 4.81. The van der Waals surface area contributed by atoms with Gasteiger partial charge < -0.3 is 14.6 Å². The predicted molar refractivity (Wildman–Crippen MR) is 149 cm³/mol. The van der Waals surface area contributed by atoms with Crippen molar-refractivity contribution in [2.45, 2.75) is 6.54 Å². The first kappa shape index (κ1) is 23.4. The Hall–Kier alpha value is -4.01. The van der Waals surface area contributed by atoms with Gasteiger partial charge in [-0.05, 0) is 48.0 Å². The van der Waals surface area contributed by atoms with E-state index in [1.165, 1.54) is 17.3 Å². The molecule has 6 rings (SSSR count). The van der Waals surface area contributed by atoms with Crippen molar-refractivity contribution in [3.05, 3.63) is 95.6 Å². The van der Waals surface area contributed by atoms with Crippen LogP contribution in [0.25, 0.3) is 27.8 Å². The molecule has 0 atom stereocenters. The van der Waals surface area contributed by atoms with Crippen molar-refractivity contribution >= 4 is 51.2 Å². The van der Waals surface area contributed by atoms with E-state index < -0.39 is 0 Å². The van der Waals surface area contributed by atoms with Gasteiger partial charge >= 0.3 is 0 Å². The lowest BCUT2D eigenvalue weighted by Crippen LogP contribution is -2.20. The number of ether oxygens (including phenoxy) is 1. The molecule has 3 heterocycles. The fourth-order valence-corrected chi connectivity index (χ4v) is 5.17. The number of halogens is 1. The molecule has 1 fully saturated rings. The monoisotopic (exact) mass is 527 g/mol. The number of benzene rings is 3. The van der Waals surface area contributed by atoms with Crippen LogP contribution in [0.1, 0.15) is 5.56 Å². The molecule has 0 spiro atoms. The minimum absolute atomic E-state index is 0.0578. The van der Waals surface area contributed by atoms with Crippen molar-refractivity contribution in [1.82, 2.24) is 19.7 Å². The summed E-state index contributed by atoms with van der Waals surface area (Å²) in [4.78, 5) is 16.5. The summed E-state index contributed by atoms with van der Waals surface area (Å²) in [7, 11) is 1.67. The summed E-state index contributed by atoms with van der Waals surface area (Å²) >= 11 is 7.51. The number of amides is 1. The molecule has 1 aliphatic rings. The molecule has 1 aliphatic heterocycles. The molecule has 0 radical (unpaired) electrons. The number of carbonyl (C=O) groups is 1. The Morgan fingerprint density at radius 1 is 1.08 bits per heavy atom. The molecule has 0 saturated carbocycles. The van der Waals surface area contributed by atoms with Gasteiger partial charge in [-0.25, -0.2) is 9.67 Å². The highest BCUT2D eigenvalue weighted by molar-refractivity contribution is 8.15. The molecule has 7 nitrogen and oxygen atoms in total. The lowest BCUT2D eigenvalue weighted by molar-refractivity contribution is -0.116. The zero-order valence-corrected chi connectivity index (χ0v) is 21.5. The van der Waals surface area contributed by atoms with Gasteiger partial charge in [-0.3, -0.25) is 4.79 Å². The molecule has 9 heteroatoms. The van der Waals surface area contributed by atoms with E-state index in [9.17, 15) is 4.79 Å². The highest BCUT2D eigenvalue weighted by Crippen LogP contribution is 2.36. The third-order valence-corrected chi connectivity index (χ3v) is 7.25. The van der Waals surface area contributed by atoms with Crippen LogP contribution in [0.3, 0.4) is 0 Å². The average Bonchev–Trinajstić information content (AvgIpc) is 3.62. The van der Waals surface area contributed by atoms with Gasteiger partial charge in [-0.15, -0.1) is 0 Å². The summed E-state index contributed by atoms with van der Waals surface area (Å²) in [6.07, 6.45) is 2.12. The maximum atomic E-state index is 11.8. The average molecular weight is 528 g/mol. The lowest BCUT2D eigenvalue weighted by Gasteiger charge is -2.06. The second-order valence-electron chi connectivity index (χ2n) is 8.57. The van der Waals surface area contributed by atoms with Gasteiger partial charge in [-0.1, -0.05) is 53.7 Å². The summed E-state index contributed by atoms with van der Waals surface area (Å²) in [5, 5.41) is 9.98. The Morgan fingerprint density at radius 3 is 2.62 bits per heavy atom. The van der Waals surface area contributed by atoms with Crippen molar-refractivity contribution in [2.75, 3.05) is 12.9 Å². The molecule has 184 valence electrons. The highest BCUT2D eigenvalue weighted by Gasteiger charge is 2.20. The van der Waals surface area contributed by atoms with E-state index in [2.05, 4.69) is 34.3 Å². The number of aromatic nitrogens is 3. The molecule has 1 saturated heterocycles. The highest BCUT2D eigenvalue weighted by atomic mass is 35.5. The second-order valence-corrected chi connectivity index (χ2v) is 9.97. The van der Waals surface area contributed by atoms with Crippen LogP contribution in [0.5, 0.6) is 5.75 Å². The summed E-state index contributed by atoms with van der Waals surface area (Å²) in [5.74, 6) is 1.67. The van der Waals surface area contributed by atoms with Gasteiger partial charge in [0, 0.05) is 40.3 Å². The molecule has 2 aromatic heterocycles. The van der Waals surface area contributed by atoms with Gasteiger partial charge in [0.1, 0.15) is 5.75 Å². The Bertz CT molecular complexity index is 1640. The summed E-state index contributed by atoms with van der Waals surface area (Å²) < 4.78 is 9.53. The number of methoxy groups -OCH3 is 1. The van der Waals surface area contributed by atoms with Crippen LogP contribution in [-0.2, 0) is 11.3 Å². The molecule has 0 bridgehead atoms. The first-order valence-electron chi connectivity index (χ1n) is 11.7. The predicted octanol–water partition coefficient (Wildman–Crippen LogP) is 6.05. The number of thioether (sulfide) groups is 1. The maximum absolute atomic E-state index is 11.8. The fraction of sp³-hybridized carbons (Fsp3) is 0.107. The second kappa shape index (κ2) is 9.80. The molecule has 1 amide bonds. The van der Waals surface area contributed by atoms with E-state index in [0.717, 1.165) is 40.1 Å². The smallest absolute Gasteiger partial charge is 0.236 e. The molecule has 37 heavy (non-hydrogen) atoms. The van der Waals surface area contributed by atoms with Crippen LogP contribution < -0.4 is 10.1 Å². The SMILES string of the molecule is COc1ccc2c(c1)c(-c1cc(N=C3NC(=O)CS3)n(-c3ccc(Cl)cc3)n1)cn2Cc1ccccc1. The van der Waals surface area contributed by atoms with E-state index in [1.807, 2.05) is 60.7 Å². The van der Waals surface area contributed by atoms with Crippen LogP contribution in [0.15, 0.2) is 90.1 Å². The quantitative estimate of drug-likeness (QED) is 0.291. The number of amidine groups is 1. The molecule has 0 unspecified atom stereocenters. The minimum Gasteiger partial charge on any atom is -0.497 e. The maximum Gasteiger partial charge on any atom is 0.236 e. The Morgan fingerprint density at radius 2 is 1.89 bits per heavy atom. The van der Waals surface area contributed by atoms with Crippen LogP contribution in [0.2, 0.25) is 5.02 Å². The zero-order chi connectivity index (χ0) is 25.4. The number of hydrogen-bond acceptors (Lipinski definition) is 5. The topological polar surface area (TPSA) is 73.4 Å². The largest absolute Gasteiger partial charge is 0.497 e. The van der Waals surface area contributed by atoms with Crippen LogP contribution >= 0.6 is 23.4 Å². The first-order chi connectivity index (χ1) is 18.1. The van der Waals surface area contributed by atoms with Crippen molar-refractivity contribution in [3.8, 4) is 22.7 Å². The fourth-order valence-electron chi connectivity index (χ4n) is 4.36. The van der Waals surface area contributed by atoms with Gasteiger partial charge in [0.15, 0.2) is 11.0 Å². The van der Waals surface area contributed by atoms with Crippen molar-refractivity contribution in [2.24, 2.45) is 4.99 Å². The van der Waals surface area contributed by atoms with Crippen molar-refractivity contribution < 1.29 is 9.53 Å². The third-order valence-electron chi connectivity index (χ3n) is 6.12. The van der Waals surface area contributed by atoms with E-state index in [0.29, 0.717) is 21.8 Å². The normalized spacial score (nSPS) is 14.4. The summed E-state index contributed by atoms with van der Waals surface area (Å²) in [6.45, 7) is 0.722. The molecule has 0 aliphatic carbocycles. The van der Waals surface area contributed by atoms with Crippen molar-refractivity contribution in [3.63, 3.8) is 0 Å². The number of rotatable bonds is 6. The zero-order valence-electron chi connectivity index (χ0n) is 19.9. The van der Waals surface area contributed by atoms with E-state index in [-0.39, 0.29) is 5.91 Å². The Kier molecular flexibility index (Phi) is 6.20. The van der Waals surface area contributed by atoms with Crippen LogP contribution in [-0.4, -0.2) is 38.3 Å². The molecular formula is C28H22ClN5O2S. The first-order valence-corrected chi connectivity index (χ1v) is 13.0. The molecule has 3 aromatic carbocycles. The number of nitrogens with one attached hydrogen (secondary N) is 1. The Labute approximate surface area is 222 Å². The van der Waals surface area contributed by atoms with E-state index >= 15 is 0 Å². The van der Waals surface area contributed by atoms with E-state index in [1.54, 1.807) is 11.8 Å².